The third kappa shape index (κ3) is 4.72. The second-order valence-corrected chi connectivity index (χ2v) is 8.98. The number of aromatic nitrogens is 4. The number of nitrogens with one attached hydrogen (secondary N) is 2. The van der Waals surface area contributed by atoms with Crippen molar-refractivity contribution in [2.75, 3.05) is 31.6 Å². The number of benzene rings is 1. The van der Waals surface area contributed by atoms with Crippen molar-refractivity contribution in [2.45, 2.75) is 19.3 Å². The molecule has 0 spiro atoms. The van der Waals surface area contributed by atoms with E-state index in [1.807, 2.05) is 56.3 Å². The van der Waals surface area contributed by atoms with Crippen molar-refractivity contribution in [2.24, 2.45) is 0 Å². The fourth-order valence-corrected chi connectivity index (χ4v) is 4.00. The van der Waals surface area contributed by atoms with Gasteiger partial charge in [-0.3, -0.25) is 9.78 Å². The Labute approximate surface area is 203 Å². The SMILES string of the molecule is C#CC(C)(C)c1ccnc(-c2ccnc(Nc3ccc4[nH]c(C(=O)N5CCOCC5)cc4c3)n2)c1. The molecule has 1 saturated heterocycles. The van der Waals surface area contributed by atoms with Gasteiger partial charge in [-0.2, -0.15) is 0 Å². The van der Waals surface area contributed by atoms with E-state index in [9.17, 15) is 4.79 Å². The Hall–Kier alpha value is -4.22. The molecule has 8 heteroatoms. The highest BCUT2D eigenvalue weighted by atomic mass is 16.5. The van der Waals surface area contributed by atoms with Crippen LogP contribution in [0.2, 0.25) is 0 Å². The van der Waals surface area contributed by atoms with E-state index >= 15 is 0 Å². The third-order valence-electron chi connectivity index (χ3n) is 6.17. The Morgan fingerprint density at radius 2 is 1.89 bits per heavy atom. The van der Waals surface area contributed by atoms with Crippen LogP contribution in [0.5, 0.6) is 0 Å². The summed E-state index contributed by atoms with van der Waals surface area (Å²) in [6.07, 6.45) is 9.14. The van der Waals surface area contributed by atoms with Crippen LogP contribution in [0.25, 0.3) is 22.3 Å². The van der Waals surface area contributed by atoms with E-state index < -0.39 is 5.41 Å². The molecule has 3 aromatic heterocycles. The molecule has 0 unspecified atom stereocenters. The first kappa shape index (κ1) is 22.6. The van der Waals surface area contributed by atoms with Crippen LogP contribution in [0.4, 0.5) is 11.6 Å². The molecule has 1 amide bonds. The van der Waals surface area contributed by atoms with Crippen molar-refractivity contribution in [1.29, 1.82) is 0 Å². The van der Waals surface area contributed by atoms with Crippen LogP contribution < -0.4 is 5.32 Å². The molecule has 0 atom stereocenters. The number of terminal acetylenes is 1. The number of ether oxygens (including phenoxy) is 1. The van der Waals surface area contributed by atoms with Crippen LogP contribution in [0, 0.1) is 12.3 Å². The van der Waals surface area contributed by atoms with Crippen molar-refractivity contribution in [3.63, 3.8) is 0 Å². The van der Waals surface area contributed by atoms with E-state index in [1.54, 1.807) is 17.3 Å². The summed E-state index contributed by atoms with van der Waals surface area (Å²) in [4.78, 5) is 31.3. The zero-order valence-electron chi connectivity index (χ0n) is 19.7. The lowest BCUT2D eigenvalue weighted by Gasteiger charge is -2.26. The first-order valence-corrected chi connectivity index (χ1v) is 11.5. The number of carbonyl (C=O) groups excluding carboxylic acids is 1. The summed E-state index contributed by atoms with van der Waals surface area (Å²) < 4.78 is 5.34. The average Bonchev–Trinajstić information content (AvgIpc) is 3.32. The van der Waals surface area contributed by atoms with Gasteiger partial charge in [-0.25, -0.2) is 9.97 Å². The van der Waals surface area contributed by atoms with E-state index in [4.69, 9.17) is 11.2 Å². The molecule has 2 N–H and O–H groups in total. The first-order chi connectivity index (χ1) is 16.9. The van der Waals surface area contributed by atoms with Gasteiger partial charge in [-0.05, 0) is 61.9 Å². The van der Waals surface area contributed by atoms with E-state index in [2.05, 4.69) is 31.2 Å². The lowest BCUT2D eigenvalue weighted by atomic mass is 9.86. The molecule has 1 aromatic carbocycles. The molecule has 35 heavy (non-hydrogen) atoms. The number of carbonyl (C=O) groups is 1. The summed E-state index contributed by atoms with van der Waals surface area (Å²) in [5.41, 5.74) is 4.28. The smallest absolute Gasteiger partial charge is 0.270 e. The number of anilines is 2. The molecule has 5 rings (SSSR count). The summed E-state index contributed by atoms with van der Waals surface area (Å²) in [7, 11) is 0. The molecule has 1 aliphatic heterocycles. The molecule has 0 radical (unpaired) electrons. The largest absolute Gasteiger partial charge is 0.378 e. The highest BCUT2D eigenvalue weighted by Gasteiger charge is 2.20. The Kier molecular flexibility index (Phi) is 5.93. The van der Waals surface area contributed by atoms with E-state index in [-0.39, 0.29) is 5.91 Å². The van der Waals surface area contributed by atoms with E-state index in [1.165, 1.54) is 0 Å². The Morgan fingerprint density at radius 3 is 2.69 bits per heavy atom. The summed E-state index contributed by atoms with van der Waals surface area (Å²) in [6, 6.07) is 13.4. The number of pyridine rings is 1. The minimum absolute atomic E-state index is 0.0159. The Bertz CT molecular complexity index is 1430. The van der Waals surface area contributed by atoms with Crippen molar-refractivity contribution in [3.05, 3.63) is 66.1 Å². The van der Waals surface area contributed by atoms with Gasteiger partial charge in [0.05, 0.1) is 30.0 Å². The fourth-order valence-electron chi connectivity index (χ4n) is 4.00. The molecule has 4 aromatic rings. The number of rotatable bonds is 5. The second-order valence-electron chi connectivity index (χ2n) is 8.98. The maximum Gasteiger partial charge on any atom is 0.270 e. The van der Waals surface area contributed by atoms with Gasteiger partial charge in [0, 0.05) is 42.1 Å². The van der Waals surface area contributed by atoms with Crippen LogP contribution in [-0.4, -0.2) is 57.0 Å². The number of H-pyrrole nitrogens is 1. The summed E-state index contributed by atoms with van der Waals surface area (Å²) in [5, 5.41) is 4.18. The van der Waals surface area contributed by atoms with Gasteiger partial charge in [0.1, 0.15) is 5.69 Å². The zero-order valence-corrected chi connectivity index (χ0v) is 19.7. The first-order valence-electron chi connectivity index (χ1n) is 11.5. The highest BCUT2D eigenvalue weighted by molar-refractivity contribution is 5.98. The predicted molar refractivity (Wildman–Crippen MR) is 135 cm³/mol. The number of nitrogens with zero attached hydrogens (tertiary/aromatic N) is 4. The van der Waals surface area contributed by atoms with Crippen LogP contribution in [0.1, 0.15) is 29.9 Å². The van der Waals surface area contributed by atoms with Gasteiger partial charge in [0.2, 0.25) is 5.95 Å². The van der Waals surface area contributed by atoms with Crippen LogP contribution in [0.3, 0.4) is 0 Å². The fraction of sp³-hybridized carbons (Fsp3) is 0.259. The van der Waals surface area contributed by atoms with Crippen LogP contribution in [-0.2, 0) is 10.2 Å². The maximum absolute atomic E-state index is 12.8. The normalized spacial score (nSPS) is 14.0. The molecule has 176 valence electrons. The molecule has 0 saturated carbocycles. The maximum atomic E-state index is 12.8. The standard InChI is InChI=1S/C27H26N6O2/c1-4-27(2,3)19-7-9-28-23(17-19)22-8-10-29-26(32-22)30-20-5-6-21-18(15-20)16-24(31-21)25(34)33-11-13-35-14-12-33/h1,5-10,15-17,31H,11-14H2,2-3H3,(H,29,30,32). The third-order valence-corrected chi connectivity index (χ3v) is 6.17. The van der Waals surface area contributed by atoms with Crippen molar-refractivity contribution in [1.82, 2.24) is 24.8 Å². The van der Waals surface area contributed by atoms with Gasteiger partial charge in [-0.15, -0.1) is 6.42 Å². The van der Waals surface area contributed by atoms with Crippen LogP contribution in [0.15, 0.2) is 54.9 Å². The van der Waals surface area contributed by atoms with Gasteiger partial charge in [0.15, 0.2) is 0 Å². The minimum Gasteiger partial charge on any atom is -0.378 e. The van der Waals surface area contributed by atoms with Crippen molar-refractivity contribution < 1.29 is 9.53 Å². The Morgan fingerprint density at radius 1 is 1.09 bits per heavy atom. The number of morpholine rings is 1. The Balaban J connectivity index is 1.37. The van der Waals surface area contributed by atoms with Crippen molar-refractivity contribution in [3.8, 4) is 23.7 Å². The summed E-state index contributed by atoms with van der Waals surface area (Å²) in [5.74, 6) is 3.25. The monoisotopic (exact) mass is 466 g/mol. The predicted octanol–water partition coefficient (Wildman–Crippen LogP) is 4.15. The van der Waals surface area contributed by atoms with Gasteiger partial charge >= 0.3 is 0 Å². The number of fused-ring (bicyclic) bond motifs is 1. The average molecular weight is 467 g/mol. The second kappa shape index (κ2) is 9.20. The van der Waals surface area contributed by atoms with Gasteiger partial charge in [-0.1, -0.05) is 5.92 Å². The quantitative estimate of drug-likeness (QED) is 0.429. The molecule has 0 bridgehead atoms. The zero-order chi connectivity index (χ0) is 24.4. The molecule has 1 aliphatic rings. The molecular weight excluding hydrogens is 440 g/mol. The number of hydrogen-bond acceptors (Lipinski definition) is 6. The molecule has 4 heterocycles. The van der Waals surface area contributed by atoms with E-state index in [0.29, 0.717) is 43.6 Å². The molecule has 8 nitrogen and oxygen atoms in total. The summed E-state index contributed by atoms with van der Waals surface area (Å²) in [6.45, 7) is 6.34. The van der Waals surface area contributed by atoms with Gasteiger partial charge < -0.3 is 19.9 Å². The lowest BCUT2D eigenvalue weighted by molar-refractivity contribution is 0.0299. The minimum atomic E-state index is -0.403. The highest BCUT2D eigenvalue weighted by Crippen LogP contribution is 2.27. The van der Waals surface area contributed by atoms with E-state index in [0.717, 1.165) is 27.8 Å². The molecule has 1 fully saturated rings. The van der Waals surface area contributed by atoms with Crippen molar-refractivity contribution >= 4 is 28.4 Å². The number of amides is 1. The molecular formula is C27H26N6O2. The van der Waals surface area contributed by atoms with Gasteiger partial charge in [0.25, 0.3) is 5.91 Å². The lowest BCUT2D eigenvalue weighted by Crippen LogP contribution is -2.40. The topological polar surface area (TPSA) is 96.0 Å². The number of hydrogen-bond donors (Lipinski definition) is 2. The number of aromatic amines is 1. The molecule has 0 aliphatic carbocycles. The van der Waals surface area contributed by atoms with Crippen LogP contribution >= 0.6 is 0 Å². The summed E-state index contributed by atoms with van der Waals surface area (Å²) >= 11 is 0.